The average Bonchev–Trinajstić information content (AvgIpc) is 3.30. The van der Waals surface area contributed by atoms with Crippen molar-refractivity contribution >= 4 is 21.7 Å². The van der Waals surface area contributed by atoms with Gasteiger partial charge in [0.25, 0.3) is 10.0 Å². The highest BCUT2D eigenvalue weighted by Crippen LogP contribution is 2.35. The molecule has 0 N–H and O–H groups in total. The maximum atomic E-state index is 13.4. The number of esters is 1. The van der Waals surface area contributed by atoms with Crippen molar-refractivity contribution in [3.05, 3.63) is 77.4 Å². The lowest BCUT2D eigenvalue weighted by atomic mass is 10.2. The number of fused-ring (bicyclic) bond motifs is 1. The number of methoxy groups -OCH3 is 1. The first-order valence-electron chi connectivity index (χ1n) is 10.6. The van der Waals surface area contributed by atoms with Crippen LogP contribution in [0.5, 0.6) is 17.2 Å². The van der Waals surface area contributed by atoms with E-state index in [1.54, 1.807) is 19.1 Å². The minimum absolute atomic E-state index is 0.0529. The fraction of sp³-hybridized carbons (Fsp3) is 0.200. The van der Waals surface area contributed by atoms with Crippen molar-refractivity contribution in [3.63, 3.8) is 0 Å². The first-order valence-corrected chi connectivity index (χ1v) is 12.0. The lowest BCUT2D eigenvalue weighted by Gasteiger charge is -2.20. The largest absolute Gasteiger partial charge is 0.496 e. The Morgan fingerprint density at radius 1 is 1.06 bits per heavy atom. The van der Waals surface area contributed by atoms with Crippen LogP contribution >= 0.6 is 0 Å². The van der Waals surface area contributed by atoms with Gasteiger partial charge in [0.05, 0.1) is 35.9 Å². The molecule has 0 unspecified atom stereocenters. The molecule has 0 spiro atoms. The second-order valence-electron chi connectivity index (χ2n) is 7.41. The molecule has 1 aliphatic rings. The predicted molar refractivity (Wildman–Crippen MR) is 125 cm³/mol. The van der Waals surface area contributed by atoms with Gasteiger partial charge < -0.3 is 14.2 Å². The molecule has 3 aromatic carbocycles. The van der Waals surface area contributed by atoms with Crippen molar-refractivity contribution < 1.29 is 27.4 Å². The van der Waals surface area contributed by atoms with Gasteiger partial charge in [-0.15, -0.1) is 0 Å². The molecule has 4 rings (SSSR count). The first-order chi connectivity index (χ1) is 16.4. The number of hydrogen-bond acceptors (Lipinski definition) is 7. The Bertz CT molecular complexity index is 1390. The van der Waals surface area contributed by atoms with Gasteiger partial charge in [0.2, 0.25) is 0 Å². The van der Waals surface area contributed by atoms with Crippen LogP contribution in [-0.4, -0.2) is 34.6 Å². The number of benzene rings is 3. The summed E-state index contributed by atoms with van der Waals surface area (Å²) < 4.78 is 44.5. The number of sulfonamides is 1. The molecule has 0 saturated carbocycles. The Hall–Kier alpha value is -4.03. The van der Waals surface area contributed by atoms with Crippen LogP contribution in [0.1, 0.15) is 28.4 Å². The molecule has 0 amide bonds. The maximum Gasteiger partial charge on any atom is 0.347 e. The summed E-state index contributed by atoms with van der Waals surface area (Å²) >= 11 is 0. The summed E-state index contributed by atoms with van der Waals surface area (Å²) in [6.45, 7) is 2.38. The minimum atomic E-state index is -3.92. The number of ether oxygens (including phenoxy) is 3. The van der Waals surface area contributed by atoms with Crippen molar-refractivity contribution in [2.75, 3.05) is 24.6 Å². The van der Waals surface area contributed by atoms with Crippen molar-refractivity contribution in [3.8, 4) is 23.3 Å². The van der Waals surface area contributed by atoms with Crippen LogP contribution in [-0.2, 0) is 16.4 Å². The van der Waals surface area contributed by atoms with E-state index < -0.39 is 16.0 Å². The Kier molecular flexibility index (Phi) is 6.43. The Morgan fingerprint density at radius 2 is 1.82 bits per heavy atom. The van der Waals surface area contributed by atoms with Crippen LogP contribution in [0.3, 0.4) is 0 Å². The number of carbonyl (C=O) groups is 1. The van der Waals surface area contributed by atoms with Gasteiger partial charge in [-0.2, -0.15) is 5.26 Å². The van der Waals surface area contributed by atoms with Gasteiger partial charge in [-0.05, 0) is 55.3 Å². The number of hydrogen-bond donors (Lipinski definition) is 0. The van der Waals surface area contributed by atoms with Crippen LogP contribution in [0.4, 0.5) is 5.69 Å². The third kappa shape index (κ3) is 4.28. The van der Waals surface area contributed by atoms with Gasteiger partial charge in [0, 0.05) is 12.6 Å². The highest BCUT2D eigenvalue weighted by molar-refractivity contribution is 7.92. The number of nitrogens with zero attached hydrogens (tertiary/aromatic N) is 2. The molecule has 0 bridgehead atoms. The molecule has 0 radical (unpaired) electrons. The van der Waals surface area contributed by atoms with E-state index in [1.165, 1.54) is 47.8 Å². The molecular formula is C25H22N2O6S. The van der Waals surface area contributed by atoms with Crippen LogP contribution in [0.2, 0.25) is 0 Å². The summed E-state index contributed by atoms with van der Waals surface area (Å²) in [4.78, 5) is 13.0. The van der Waals surface area contributed by atoms with E-state index in [9.17, 15) is 13.2 Å². The molecule has 9 heteroatoms. The number of rotatable bonds is 7. The standard InChI is InChI=1S/C25H22N2O6S/c1-3-32-24-14-17(16-26)8-10-23(24)33-25(28)20-15-19(9-11-22(20)31-2)34(29,30)27-13-12-18-6-4-5-7-21(18)27/h4-11,14-15H,3,12-13H2,1-2H3. The smallest absolute Gasteiger partial charge is 0.347 e. The van der Waals surface area contributed by atoms with E-state index in [4.69, 9.17) is 19.5 Å². The number of para-hydroxylation sites is 1. The molecule has 0 atom stereocenters. The molecular weight excluding hydrogens is 456 g/mol. The molecule has 0 fully saturated rings. The van der Waals surface area contributed by atoms with Crippen molar-refractivity contribution in [2.45, 2.75) is 18.2 Å². The molecule has 174 valence electrons. The Balaban J connectivity index is 1.69. The zero-order valence-electron chi connectivity index (χ0n) is 18.6. The molecule has 8 nitrogen and oxygen atoms in total. The molecule has 1 aliphatic heterocycles. The topological polar surface area (TPSA) is 106 Å². The van der Waals surface area contributed by atoms with Gasteiger partial charge in [-0.3, -0.25) is 4.31 Å². The summed E-state index contributed by atoms with van der Waals surface area (Å²) in [5.41, 5.74) is 1.87. The predicted octanol–water partition coefficient (Wildman–Crippen LogP) is 3.94. The first kappa shape index (κ1) is 23.1. The van der Waals surface area contributed by atoms with Gasteiger partial charge in [0.1, 0.15) is 11.3 Å². The SMILES string of the molecule is CCOc1cc(C#N)ccc1OC(=O)c1cc(S(=O)(=O)N2CCc3ccccc32)ccc1OC. The highest BCUT2D eigenvalue weighted by Gasteiger charge is 2.32. The van der Waals surface area contributed by atoms with Crippen LogP contribution < -0.4 is 18.5 Å². The van der Waals surface area contributed by atoms with Crippen molar-refractivity contribution in [2.24, 2.45) is 0 Å². The second-order valence-corrected chi connectivity index (χ2v) is 9.28. The highest BCUT2D eigenvalue weighted by atomic mass is 32.2. The van der Waals surface area contributed by atoms with E-state index in [2.05, 4.69) is 0 Å². The molecule has 0 aromatic heterocycles. The van der Waals surface area contributed by atoms with Crippen molar-refractivity contribution in [1.82, 2.24) is 0 Å². The molecule has 0 aliphatic carbocycles. The normalized spacial score (nSPS) is 12.6. The van der Waals surface area contributed by atoms with Crippen molar-refractivity contribution in [1.29, 1.82) is 5.26 Å². The van der Waals surface area contributed by atoms with Gasteiger partial charge >= 0.3 is 5.97 Å². The average molecular weight is 479 g/mol. The van der Waals surface area contributed by atoms with E-state index in [0.717, 1.165) is 5.56 Å². The van der Waals surface area contributed by atoms with Gasteiger partial charge in [0.15, 0.2) is 11.5 Å². The van der Waals surface area contributed by atoms with E-state index in [1.807, 2.05) is 18.2 Å². The second kappa shape index (κ2) is 9.45. The molecule has 1 heterocycles. The quantitative estimate of drug-likeness (QED) is 0.374. The van der Waals surface area contributed by atoms with Crippen LogP contribution in [0, 0.1) is 11.3 Å². The molecule has 0 saturated heterocycles. The van der Waals surface area contributed by atoms with E-state index in [-0.39, 0.29) is 27.7 Å². The van der Waals surface area contributed by atoms with Gasteiger partial charge in [-0.1, -0.05) is 18.2 Å². The third-order valence-corrected chi connectivity index (χ3v) is 7.21. The fourth-order valence-electron chi connectivity index (χ4n) is 3.78. The number of nitriles is 1. The summed E-state index contributed by atoms with van der Waals surface area (Å²) in [6, 6.07) is 17.8. The monoisotopic (exact) mass is 478 g/mol. The summed E-state index contributed by atoms with van der Waals surface area (Å²) in [5.74, 6) is -0.320. The number of carbonyl (C=O) groups excluding carboxylic acids is 1. The zero-order valence-corrected chi connectivity index (χ0v) is 19.5. The van der Waals surface area contributed by atoms with Gasteiger partial charge in [-0.25, -0.2) is 13.2 Å². The Morgan fingerprint density at radius 3 is 2.56 bits per heavy atom. The van der Waals surface area contributed by atoms with Crippen LogP contribution in [0.25, 0.3) is 0 Å². The zero-order chi connectivity index (χ0) is 24.3. The lowest BCUT2D eigenvalue weighted by Crippen LogP contribution is -2.29. The van der Waals surface area contributed by atoms with E-state index in [0.29, 0.717) is 30.8 Å². The van der Waals surface area contributed by atoms with Crippen LogP contribution in [0.15, 0.2) is 65.6 Å². The minimum Gasteiger partial charge on any atom is -0.496 e. The maximum absolute atomic E-state index is 13.4. The lowest BCUT2D eigenvalue weighted by molar-refractivity contribution is 0.0724. The third-order valence-electron chi connectivity index (χ3n) is 5.40. The fourth-order valence-corrected chi connectivity index (χ4v) is 5.31. The summed E-state index contributed by atoms with van der Waals surface area (Å²) in [7, 11) is -2.54. The molecule has 3 aromatic rings. The molecule has 34 heavy (non-hydrogen) atoms. The summed E-state index contributed by atoms with van der Waals surface area (Å²) in [6.07, 6.45) is 0.610. The Labute approximate surface area is 198 Å². The van der Waals surface area contributed by atoms with E-state index >= 15 is 0 Å². The number of anilines is 1. The summed E-state index contributed by atoms with van der Waals surface area (Å²) in [5, 5.41) is 9.12.